The quantitative estimate of drug-likeness (QED) is 0.636. The van der Waals surface area contributed by atoms with E-state index in [1.807, 2.05) is 26.0 Å². The Bertz CT molecular complexity index is 794. The number of amides is 1. The molecule has 23 heavy (non-hydrogen) atoms. The first-order valence-corrected chi connectivity index (χ1v) is 8.69. The molecule has 0 aliphatic rings. The van der Waals surface area contributed by atoms with Crippen LogP contribution in [0.4, 0.5) is 0 Å². The number of nitrogens with zero attached hydrogens (tertiary/aromatic N) is 2. The van der Waals surface area contributed by atoms with Gasteiger partial charge in [0.15, 0.2) is 0 Å². The summed E-state index contributed by atoms with van der Waals surface area (Å²) in [5.41, 5.74) is 1.69. The standard InChI is InChI=1S/C17H17ClN2O2S/c1-11-10-22-19-14(11)9-20(17(21)8-18)12(2)16-7-13-5-3-4-6-15(13)23-16/h3-7,10,12H,8-9H2,1-2H3. The molecule has 0 N–H and O–H groups in total. The topological polar surface area (TPSA) is 46.3 Å². The molecule has 1 unspecified atom stereocenters. The highest BCUT2D eigenvalue weighted by Gasteiger charge is 2.24. The molecule has 0 aliphatic carbocycles. The van der Waals surface area contributed by atoms with Crippen molar-refractivity contribution in [3.05, 3.63) is 52.7 Å². The number of halogens is 1. The SMILES string of the molecule is Cc1conc1CN(C(=O)CCl)C(C)c1cc2ccccc2s1. The molecule has 2 aromatic heterocycles. The van der Waals surface area contributed by atoms with E-state index >= 15 is 0 Å². The zero-order valence-electron chi connectivity index (χ0n) is 13.0. The summed E-state index contributed by atoms with van der Waals surface area (Å²) in [4.78, 5) is 15.2. The van der Waals surface area contributed by atoms with Gasteiger partial charge in [-0.15, -0.1) is 22.9 Å². The second-order valence-electron chi connectivity index (χ2n) is 5.46. The summed E-state index contributed by atoms with van der Waals surface area (Å²) in [7, 11) is 0. The van der Waals surface area contributed by atoms with Crippen LogP contribution in [0.15, 0.2) is 41.1 Å². The van der Waals surface area contributed by atoms with E-state index in [0.29, 0.717) is 6.54 Å². The van der Waals surface area contributed by atoms with Gasteiger partial charge in [0, 0.05) is 15.1 Å². The first-order chi connectivity index (χ1) is 11.1. The number of rotatable bonds is 5. The monoisotopic (exact) mass is 348 g/mol. The van der Waals surface area contributed by atoms with Crippen molar-refractivity contribution in [2.24, 2.45) is 0 Å². The van der Waals surface area contributed by atoms with Gasteiger partial charge in [0.25, 0.3) is 0 Å². The minimum absolute atomic E-state index is 0.0495. The van der Waals surface area contributed by atoms with Crippen molar-refractivity contribution < 1.29 is 9.32 Å². The average Bonchev–Trinajstić information content (AvgIpc) is 3.17. The predicted molar refractivity (Wildman–Crippen MR) is 92.8 cm³/mol. The van der Waals surface area contributed by atoms with Gasteiger partial charge in [0.2, 0.25) is 5.91 Å². The number of aryl methyl sites for hydroxylation is 1. The Morgan fingerprint density at radius 3 is 2.87 bits per heavy atom. The minimum atomic E-state index is -0.112. The first-order valence-electron chi connectivity index (χ1n) is 7.34. The van der Waals surface area contributed by atoms with Gasteiger partial charge in [-0.05, 0) is 31.4 Å². The van der Waals surface area contributed by atoms with E-state index in [1.54, 1.807) is 22.5 Å². The number of hydrogen-bond donors (Lipinski definition) is 0. The lowest BCUT2D eigenvalue weighted by molar-refractivity contribution is -0.131. The molecule has 3 aromatic rings. The number of fused-ring (bicyclic) bond motifs is 1. The summed E-state index contributed by atoms with van der Waals surface area (Å²) in [6.45, 7) is 4.33. The van der Waals surface area contributed by atoms with Crippen molar-refractivity contribution in [3.8, 4) is 0 Å². The highest BCUT2D eigenvalue weighted by molar-refractivity contribution is 7.19. The highest BCUT2D eigenvalue weighted by Crippen LogP contribution is 2.33. The molecule has 1 amide bonds. The Morgan fingerprint density at radius 1 is 1.43 bits per heavy atom. The van der Waals surface area contributed by atoms with Crippen molar-refractivity contribution in [2.45, 2.75) is 26.4 Å². The Hall–Kier alpha value is -1.85. The van der Waals surface area contributed by atoms with Gasteiger partial charge in [-0.25, -0.2) is 0 Å². The van der Waals surface area contributed by atoms with E-state index in [-0.39, 0.29) is 17.8 Å². The van der Waals surface area contributed by atoms with Crippen LogP contribution in [-0.2, 0) is 11.3 Å². The van der Waals surface area contributed by atoms with Crippen LogP contribution in [0.3, 0.4) is 0 Å². The molecule has 3 rings (SSSR count). The minimum Gasteiger partial charge on any atom is -0.364 e. The number of alkyl halides is 1. The van der Waals surface area contributed by atoms with E-state index in [9.17, 15) is 4.79 Å². The van der Waals surface area contributed by atoms with Gasteiger partial charge in [-0.3, -0.25) is 4.79 Å². The van der Waals surface area contributed by atoms with E-state index < -0.39 is 0 Å². The zero-order chi connectivity index (χ0) is 16.4. The number of carbonyl (C=O) groups excluding carboxylic acids is 1. The molecule has 0 saturated carbocycles. The van der Waals surface area contributed by atoms with E-state index in [1.165, 1.54) is 10.1 Å². The lowest BCUT2D eigenvalue weighted by Gasteiger charge is -2.27. The summed E-state index contributed by atoms with van der Waals surface area (Å²) in [5, 5.41) is 5.17. The fourth-order valence-electron chi connectivity index (χ4n) is 2.50. The van der Waals surface area contributed by atoms with Crippen LogP contribution in [0.1, 0.15) is 29.1 Å². The molecule has 6 heteroatoms. The maximum absolute atomic E-state index is 12.3. The molecule has 0 aliphatic heterocycles. The van der Waals surface area contributed by atoms with Crippen LogP contribution in [0.5, 0.6) is 0 Å². The molecular weight excluding hydrogens is 332 g/mol. The molecule has 0 spiro atoms. The maximum atomic E-state index is 12.3. The van der Waals surface area contributed by atoms with Crippen LogP contribution in [0.2, 0.25) is 0 Å². The fourth-order valence-corrected chi connectivity index (χ4v) is 3.79. The molecule has 0 bridgehead atoms. The molecule has 4 nitrogen and oxygen atoms in total. The van der Waals surface area contributed by atoms with E-state index in [0.717, 1.165) is 16.1 Å². The highest BCUT2D eigenvalue weighted by atomic mass is 35.5. The number of carbonyl (C=O) groups is 1. The van der Waals surface area contributed by atoms with Crippen LogP contribution < -0.4 is 0 Å². The number of hydrogen-bond acceptors (Lipinski definition) is 4. The molecule has 1 atom stereocenters. The van der Waals surface area contributed by atoms with Crippen molar-refractivity contribution in [1.82, 2.24) is 10.1 Å². The second kappa shape index (κ2) is 6.72. The van der Waals surface area contributed by atoms with Gasteiger partial charge in [-0.2, -0.15) is 0 Å². The largest absolute Gasteiger partial charge is 0.364 e. The molecule has 2 heterocycles. The van der Waals surface area contributed by atoms with E-state index in [2.05, 4.69) is 23.4 Å². The van der Waals surface area contributed by atoms with Crippen LogP contribution in [-0.4, -0.2) is 21.8 Å². The van der Waals surface area contributed by atoms with Crippen molar-refractivity contribution in [1.29, 1.82) is 0 Å². The van der Waals surface area contributed by atoms with Gasteiger partial charge in [0.05, 0.1) is 12.6 Å². The Morgan fingerprint density at radius 2 is 2.22 bits per heavy atom. The summed E-state index contributed by atoms with van der Waals surface area (Å²) in [6, 6.07) is 10.3. The first kappa shape index (κ1) is 16.0. The fraction of sp³-hybridized carbons (Fsp3) is 0.294. The van der Waals surface area contributed by atoms with Crippen molar-refractivity contribution >= 4 is 38.9 Å². The molecule has 0 saturated heterocycles. The van der Waals surface area contributed by atoms with Crippen LogP contribution in [0, 0.1) is 6.92 Å². The summed E-state index contributed by atoms with van der Waals surface area (Å²) in [6.07, 6.45) is 1.59. The molecule has 0 radical (unpaired) electrons. The smallest absolute Gasteiger partial charge is 0.238 e. The van der Waals surface area contributed by atoms with Gasteiger partial charge in [0.1, 0.15) is 17.8 Å². The molecule has 120 valence electrons. The molecule has 0 fully saturated rings. The summed E-state index contributed by atoms with van der Waals surface area (Å²) < 4.78 is 6.19. The van der Waals surface area contributed by atoms with Gasteiger partial charge >= 0.3 is 0 Å². The number of aromatic nitrogens is 1. The van der Waals surface area contributed by atoms with Gasteiger partial charge < -0.3 is 9.42 Å². The zero-order valence-corrected chi connectivity index (χ0v) is 14.5. The summed E-state index contributed by atoms with van der Waals surface area (Å²) in [5.74, 6) is -0.161. The van der Waals surface area contributed by atoms with Crippen LogP contribution in [0.25, 0.3) is 10.1 Å². The predicted octanol–water partition coefficient (Wildman–Crippen LogP) is 4.53. The third-order valence-electron chi connectivity index (χ3n) is 3.93. The Kier molecular flexibility index (Phi) is 4.68. The van der Waals surface area contributed by atoms with Crippen molar-refractivity contribution in [2.75, 3.05) is 5.88 Å². The lowest BCUT2D eigenvalue weighted by Crippen LogP contribution is -2.34. The normalized spacial score (nSPS) is 12.5. The third-order valence-corrected chi connectivity index (χ3v) is 5.44. The average molecular weight is 349 g/mol. The van der Waals surface area contributed by atoms with Gasteiger partial charge in [-0.1, -0.05) is 23.4 Å². The summed E-state index contributed by atoms with van der Waals surface area (Å²) >= 11 is 7.50. The molecule has 1 aromatic carbocycles. The number of thiophene rings is 1. The van der Waals surface area contributed by atoms with Crippen LogP contribution >= 0.6 is 22.9 Å². The Balaban J connectivity index is 1.91. The maximum Gasteiger partial charge on any atom is 0.238 e. The number of benzene rings is 1. The van der Waals surface area contributed by atoms with E-state index in [4.69, 9.17) is 16.1 Å². The Labute approximate surface area is 143 Å². The lowest BCUT2D eigenvalue weighted by atomic mass is 10.1. The third kappa shape index (κ3) is 3.26. The second-order valence-corrected chi connectivity index (χ2v) is 6.84. The van der Waals surface area contributed by atoms with Crippen molar-refractivity contribution in [3.63, 3.8) is 0 Å². The molecular formula is C17H17ClN2O2S.